The van der Waals surface area contributed by atoms with E-state index >= 15 is 0 Å². The van der Waals surface area contributed by atoms with Gasteiger partial charge < -0.3 is 9.67 Å². The van der Waals surface area contributed by atoms with E-state index < -0.39 is 0 Å². The van der Waals surface area contributed by atoms with Crippen LogP contribution in [0.25, 0.3) is 0 Å². The molecule has 98 valence electrons. The molecule has 0 amide bonds. The molecule has 0 radical (unpaired) electrons. The molecule has 0 bridgehead atoms. The van der Waals surface area contributed by atoms with E-state index in [1.54, 1.807) is 12.3 Å². The zero-order chi connectivity index (χ0) is 13.7. The normalized spacial score (nSPS) is 10.4. The van der Waals surface area contributed by atoms with Gasteiger partial charge in [0.1, 0.15) is 5.82 Å². The molecule has 19 heavy (non-hydrogen) atoms. The number of hydrogen-bond donors (Lipinski definition) is 1. The molecule has 2 aromatic rings. The third-order valence-electron chi connectivity index (χ3n) is 2.58. The van der Waals surface area contributed by atoms with Gasteiger partial charge in [-0.3, -0.25) is 0 Å². The van der Waals surface area contributed by atoms with Crippen LogP contribution < -0.4 is 0 Å². The van der Waals surface area contributed by atoms with Gasteiger partial charge in [0.2, 0.25) is 0 Å². The molecular formula is C14H13FN2OS. The first-order valence-electron chi connectivity index (χ1n) is 5.70. The summed E-state index contributed by atoms with van der Waals surface area (Å²) in [5.74, 6) is 2.76. The van der Waals surface area contributed by atoms with Crippen LogP contribution in [0.1, 0.15) is 11.3 Å². The number of aromatic nitrogens is 2. The van der Waals surface area contributed by atoms with Crippen LogP contribution in [-0.4, -0.2) is 20.4 Å². The highest BCUT2D eigenvalue weighted by molar-refractivity contribution is 7.99. The molecule has 1 heterocycles. The van der Waals surface area contributed by atoms with Crippen LogP contribution in [0, 0.1) is 18.2 Å². The fourth-order valence-electron chi connectivity index (χ4n) is 1.73. The lowest BCUT2D eigenvalue weighted by atomic mass is 10.2. The zero-order valence-corrected chi connectivity index (χ0v) is 11.0. The summed E-state index contributed by atoms with van der Waals surface area (Å²) in [6.45, 7) is 0.347. The fraction of sp³-hybridized carbons (Fsp3) is 0.214. The minimum atomic E-state index is -0.277. The number of nitrogens with zero attached hydrogens (tertiary/aromatic N) is 2. The van der Waals surface area contributed by atoms with Crippen LogP contribution in [0.4, 0.5) is 4.39 Å². The molecule has 1 aromatic carbocycles. The number of imidazole rings is 1. The van der Waals surface area contributed by atoms with Crippen LogP contribution in [0.2, 0.25) is 0 Å². The third-order valence-corrected chi connectivity index (χ3v) is 3.47. The lowest BCUT2D eigenvalue weighted by Crippen LogP contribution is -2.06. The predicted molar refractivity (Wildman–Crippen MR) is 73.2 cm³/mol. The monoisotopic (exact) mass is 276 g/mol. The van der Waals surface area contributed by atoms with Crippen LogP contribution in [0.5, 0.6) is 0 Å². The maximum atomic E-state index is 13.2. The van der Waals surface area contributed by atoms with E-state index in [4.69, 9.17) is 6.42 Å². The highest BCUT2D eigenvalue weighted by atomic mass is 32.2. The van der Waals surface area contributed by atoms with Crippen molar-refractivity contribution in [3.63, 3.8) is 0 Å². The first-order chi connectivity index (χ1) is 9.24. The summed E-state index contributed by atoms with van der Waals surface area (Å²) in [7, 11) is 0. The summed E-state index contributed by atoms with van der Waals surface area (Å²) in [6.07, 6.45) is 6.84. The summed E-state index contributed by atoms with van der Waals surface area (Å²) < 4.78 is 15.0. The maximum Gasteiger partial charge on any atom is 0.169 e. The second-order valence-electron chi connectivity index (χ2n) is 3.90. The SMILES string of the molecule is C#CCSc1ncc(CO)n1Cc1cccc(F)c1. The predicted octanol–water partition coefficient (Wildman–Crippen LogP) is 2.29. The molecule has 0 aliphatic rings. The van der Waals surface area contributed by atoms with Crippen molar-refractivity contribution in [2.45, 2.75) is 18.3 Å². The van der Waals surface area contributed by atoms with E-state index in [9.17, 15) is 9.50 Å². The second kappa shape index (κ2) is 6.41. The Balaban J connectivity index is 2.27. The average molecular weight is 276 g/mol. The summed E-state index contributed by atoms with van der Waals surface area (Å²) >= 11 is 1.42. The van der Waals surface area contributed by atoms with E-state index in [0.717, 1.165) is 10.7 Å². The third kappa shape index (κ3) is 3.37. The number of halogens is 1. The Bertz CT molecular complexity index is 604. The van der Waals surface area contributed by atoms with Crippen molar-refractivity contribution >= 4 is 11.8 Å². The van der Waals surface area contributed by atoms with E-state index in [-0.39, 0.29) is 12.4 Å². The minimum absolute atomic E-state index is 0.112. The van der Waals surface area contributed by atoms with Crippen molar-refractivity contribution in [3.05, 3.63) is 47.5 Å². The molecule has 2 rings (SSSR count). The molecule has 0 fully saturated rings. The molecule has 1 aromatic heterocycles. The van der Waals surface area contributed by atoms with Gasteiger partial charge in [0.05, 0.1) is 30.8 Å². The van der Waals surface area contributed by atoms with Gasteiger partial charge in [0.15, 0.2) is 5.16 Å². The van der Waals surface area contributed by atoms with Crippen LogP contribution in [-0.2, 0) is 13.2 Å². The van der Waals surface area contributed by atoms with Gasteiger partial charge in [0.25, 0.3) is 0 Å². The van der Waals surface area contributed by atoms with Crippen molar-refractivity contribution in [2.75, 3.05) is 5.75 Å². The molecule has 0 saturated carbocycles. The van der Waals surface area contributed by atoms with E-state index in [1.165, 1.54) is 23.9 Å². The van der Waals surface area contributed by atoms with Crippen molar-refractivity contribution in [1.82, 2.24) is 9.55 Å². The molecule has 1 N–H and O–H groups in total. The summed E-state index contributed by atoms with van der Waals surface area (Å²) in [5.41, 5.74) is 1.50. The van der Waals surface area contributed by atoms with Crippen LogP contribution >= 0.6 is 11.8 Å². The van der Waals surface area contributed by atoms with Crippen molar-refractivity contribution < 1.29 is 9.50 Å². The Morgan fingerprint density at radius 3 is 3.00 bits per heavy atom. The Kier molecular flexibility index (Phi) is 4.61. The van der Waals surface area contributed by atoms with Gasteiger partial charge in [0, 0.05) is 0 Å². The lowest BCUT2D eigenvalue weighted by Gasteiger charge is -2.10. The molecule has 0 aliphatic heterocycles. The quantitative estimate of drug-likeness (QED) is 0.672. The molecular weight excluding hydrogens is 263 g/mol. The standard InChI is InChI=1S/C14H13FN2OS/c1-2-6-19-14-16-8-13(10-18)17(14)9-11-4-3-5-12(15)7-11/h1,3-5,7-8,18H,6,9-10H2. The summed E-state index contributed by atoms with van der Waals surface area (Å²) in [4.78, 5) is 4.22. The lowest BCUT2D eigenvalue weighted by molar-refractivity contribution is 0.270. The van der Waals surface area contributed by atoms with Gasteiger partial charge in [-0.15, -0.1) is 6.42 Å². The first kappa shape index (κ1) is 13.7. The number of aliphatic hydroxyl groups excluding tert-OH is 1. The van der Waals surface area contributed by atoms with E-state index in [0.29, 0.717) is 18.0 Å². The Labute approximate surface area is 115 Å². The minimum Gasteiger partial charge on any atom is -0.390 e. The number of thioether (sulfide) groups is 1. The smallest absolute Gasteiger partial charge is 0.169 e. The second-order valence-corrected chi connectivity index (χ2v) is 4.84. The van der Waals surface area contributed by atoms with Gasteiger partial charge >= 0.3 is 0 Å². The van der Waals surface area contributed by atoms with Crippen molar-refractivity contribution in [1.29, 1.82) is 0 Å². The van der Waals surface area contributed by atoms with Crippen LogP contribution in [0.3, 0.4) is 0 Å². The highest BCUT2D eigenvalue weighted by Gasteiger charge is 2.10. The topological polar surface area (TPSA) is 38.1 Å². The fourth-order valence-corrected chi connectivity index (χ4v) is 2.40. The zero-order valence-electron chi connectivity index (χ0n) is 10.2. The number of benzene rings is 1. The highest BCUT2D eigenvalue weighted by Crippen LogP contribution is 2.20. The number of aliphatic hydroxyl groups is 1. The molecule has 5 heteroatoms. The van der Waals surface area contributed by atoms with Crippen molar-refractivity contribution in [3.8, 4) is 12.3 Å². The maximum absolute atomic E-state index is 13.2. The molecule has 0 atom stereocenters. The average Bonchev–Trinajstić information content (AvgIpc) is 2.78. The molecule has 3 nitrogen and oxygen atoms in total. The Morgan fingerprint density at radius 2 is 2.32 bits per heavy atom. The van der Waals surface area contributed by atoms with Gasteiger partial charge in [-0.1, -0.05) is 29.8 Å². The van der Waals surface area contributed by atoms with Gasteiger partial charge in [-0.2, -0.15) is 0 Å². The van der Waals surface area contributed by atoms with E-state index in [2.05, 4.69) is 10.9 Å². The Hall–Kier alpha value is -1.77. The number of hydrogen-bond acceptors (Lipinski definition) is 3. The van der Waals surface area contributed by atoms with Gasteiger partial charge in [-0.05, 0) is 17.7 Å². The molecule has 0 unspecified atom stereocenters. The Morgan fingerprint density at radius 1 is 1.47 bits per heavy atom. The summed E-state index contributed by atoms with van der Waals surface area (Å²) in [6, 6.07) is 6.36. The number of rotatable bonds is 5. The van der Waals surface area contributed by atoms with Crippen LogP contribution in [0.15, 0.2) is 35.6 Å². The van der Waals surface area contributed by atoms with Crippen molar-refractivity contribution in [2.24, 2.45) is 0 Å². The summed E-state index contributed by atoms with van der Waals surface area (Å²) in [5, 5.41) is 10.0. The molecule has 0 saturated heterocycles. The largest absolute Gasteiger partial charge is 0.390 e. The number of terminal acetylenes is 1. The molecule has 0 aliphatic carbocycles. The van der Waals surface area contributed by atoms with E-state index in [1.807, 2.05) is 10.6 Å². The van der Waals surface area contributed by atoms with Gasteiger partial charge in [-0.25, -0.2) is 9.37 Å². The molecule has 0 spiro atoms. The first-order valence-corrected chi connectivity index (χ1v) is 6.69.